The van der Waals surface area contributed by atoms with Crippen molar-refractivity contribution < 1.29 is 4.42 Å². The Morgan fingerprint density at radius 1 is 1.30 bits per heavy atom. The van der Waals surface area contributed by atoms with Crippen LogP contribution in [-0.4, -0.2) is 15.0 Å². The largest absolute Gasteiger partial charge is 0.451 e. The first-order chi connectivity index (χ1) is 9.75. The van der Waals surface area contributed by atoms with Gasteiger partial charge in [-0.05, 0) is 30.5 Å². The lowest BCUT2D eigenvalue weighted by Gasteiger charge is -2.18. The van der Waals surface area contributed by atoms with Crippen LogP contribution in [0.2, 0.25) is 0 Å². The number of oxazole rings is 1. The number of nitrogens with one attached hydrogen (secondary N) is 1. The van der Waals surface area contributed by atoms with E-state index in [-0.39, 0.29) is 5.92 Å². The fourth-order valence-electron chi connectivity index (χ4n) is 2.54. The van der Waals surface area contributed by atoms with Crippen molar-refractivity contribution in [1.82, 2.24) is 15.0 Å². The van der Waals surface area contributed by atoms with Crippen LogP contribution in [0.4, 0.5) is 0 Å². The van der Waals surface area contributed by atoms with Gasteiger partial charge in [-0.15, -0.1) is 0 Å². The lowest BCUT2D eigenvalue weighted by Crippen LogP contribution is -2.08. The smallest absolute Gasteiger partial charge is 0.180 e. The van der Waals surface area contributed by atoms with Crippen molar-refractivity contribution in [3.8, 4) is 0 Å². The molecule has 0 aliphatic rings. The standard InChI is InChI=1S/C16H17N3O/c1-11-4-3-5-14(12(11)2)15(16-7-17-9-18-16)6-13-8-20-10-19-13/h3-5,7-10,15H,6H2,1-2H3,(H,17,18). The Morgan fingerprint density at radius 2 is 2.20 bits per heavy atom. The highest BCUT2D eigenvalue weighted by molar-refractivity contribution is 5.39. The molecule has 20 heavy (non-hydrogen) atoms. The first kappa shape index (κ1) is 12.7. The Hall–Kier alpha value is -2.36. The van der Waals surface area contributed by atoms with Gasteiger partial charge in [-0.3, -0.25) is 0 Å². The molecule has 0 bridgehead atoms. The fraction of sp³-hybridized carbons (Fsp3) is 0.250. The minimum absolute atomic E-state index is 0.211. The van der Waals surface area contributed by atoms with Gasteiger partial charge >= 0.3 is 0 Å². The summed E-state index contributed by atoms with van der Waals surface area (Å²) in [5.41, 5.74) is 5.97. The molecule has 1 unspecified atom stereocenters. The second-order valence-electron chi connectivity index (χ2n) is 5.03. The Labute approximate surface area is 117 Å². The van der Waals surface area contributed by atoms with Gasteiger partial charge in [0, 0.05) is 24.2 Å². The van der Waals surface area contributed by atoms with Gasteiger partial charge in [-0.1, -0.05) is 18.2 Å². The average Bonchev–Trinajstić information content (AvgIpc) is 3.11. The minimum Gasteiger partial charge on any atom is -0.451 e. The van der Waals surface area contributed by atoms with E-state index in [1.165, 1.54) is 23.1 Å². The Balaban J connectivity index is 2.03. The lowest BCUT2D eigenvalue weighted by atomic mass is 9.87. The van der Waals surface area contributed by atoms with Crippen molar-refractivity contribution in [2.75, 3.05) is 0 Å². The van der Waals surface area contributed by atoms with Gasteiger partial charge in [0.2, 0.25) is 0 Å². The summed E-state index contributed by atoms with van der Waals surface area (Å²) in [6, 6.07) is 6.41. The highest BCUT2D eigenvalue weighted by atomic mass is 16.3. The zero-order valence-electron chi connectivity index (χ0n) is 11.6. The van der Waals surface area contributed by atoms with Gasteiger partial charge in [-0.2, -0.15) is 0 Å². The molecule has 0 aliphatic carbocycles. The second kappa shape index (κ2) is 5.33. The van der Waals surface area contributed by atoms with Crippen molar-refractivity contribution in [1.29, 1.82) is 0 Å². The number of hydrogen-bond donors (Lipinski definition) is 1. The number of aromatic nitrogens is 3. The molecule has 3 aromatic rings. The van der Waals surface area contributed by atoms with E-state index < -0.39 is 0 Å². The summed E-state index contributed by atoms with van der Waals surface area (Å²) >= 11 is 0. The van der Waals surface area contributed by atoms with Crippen LogP contribution in [-0.2, 0) is 6.42 Å². The monoisotopic (exact) mass is 267 g/mol. The van der Waals surface area contributed by atoms with E-state index in [1.807, 2.05) is 6.20 Å². The van der Waals surface area contributed by atoms with Gasteiger partial charge in [0.05, 0.1) is 12.0 Å². The summed E-state index contributed by atoms with van der Waals surface area (Å²) in [7, 11) is 0. The van der Waals surface area contributed by atoms with Gasteiger partial charge in [0.25, 0.3) is 0 Å². The van der Waals surface area contributed by atoms with E-state index in [4.69, 9.17) is 4.42 Å². The average molecular weight is 267 g/mol. The number of nitrogens with zero attached hydrogens (tertiary/aromatic N) is 2. The molecule has 1 atom stereocenters. The maximum Gasteiger partial charge on any atom is 0.180 e. The van der Waals surface area contributed by atoms with Gasteiger partial charge in [0.1, 0.15) is 6.26 Å². The Kier molecular flexibility index (Phi) is 3.37. The highest BCUT2D eigenvalue weighted by Crippen LogP contribution is 2.30. The Bertz CT molecular complexity index is 672. The van der Waals surface area contributed by atoms with Crippen LogP contribution in [0.25, 0.3) is 0 Å². The number of hydrogen-bond acceptors (Lipinski definition) is 3. The molecule has 0 fully saturated rings. The summed E-state index contributed by atoms with van der Waals surface area (Å²) in [4.78, 5) is 11.6. The summed E-state index contributed by atoms with van der Waals surface area (Å²) < 4.78 is 5.09. The topological polar surface area (TPSA) is 54.7 Å². The summed E-state index contributed by atoms with van der Waals surface area (Å²) in [5, 5.41) is 0. The summed E-state index contributed by atoms with van der Waals surface area (Å²) in [5.74, 6) is 0.211. The van der Waals surface area contributed by atoms with Crippen molar-refractivity contribution in [2.24, 2.45) is 0 Å². The van der Waals surface area contributed by atoms with Crippen LogP contribution < -0.4 is 0 Å². The summed E-state index contributed by atoms with van der Waals surface area (Å²) in [6.07, 6.45) is 7.57. The molecule has 4 nitrogen and oxygen atoms in total. The van der Waals surface area contributed by atoms with Crippen LogP contribution in [0.3, 0.4) is 0 Å². The van der Waals surface area contributed by atoms with Crippen LogP contribution in [0, 0.1) is 13.8 Å². The van der Waals surface area contributed by atoms with Gasteiger partial charge in [0.15, 0.2) is 6.39 Å². The molecule has 1 N–H and O–H groups in total. The molecule has 0 saturated carbocycles. The fourth-order valence-corrected chi connectivity index (χ4v) is 2.54. The van der Waals surface area contributed by atoms with Crippen molar-refractivity contribution in [3.05, 3.63) is 71.5 Å². The predicted molar refractivity (Wildman–Crippen MR) is 76.6 cm³/mol. The molecule has 102 valence electrons. The van der Waals surface area contributed by atoms with E-state index in [9.17, 15) is 0 Å². The highest BCUT2D eigenvalue weighted by Gasteiger charge is 2.20. The number of benzene rings is 1. The zero-order valence-corrected chi connectivity index (χ0v) is 11.6. The van der Waals surface area contributed by atoms with Crippen LogP contribution >= 0.6 is 0 Å². The van der Waals surface area contributed by atoms with Crippen molar-refractivity contribution in [2.45, 2.75) is 26.2 Å². The lowest BCUT2D eigenvalue weighted by molar-refractivity contribution is 0.555. The van der Waals surface area contributed by atoms with Crippen molar-refractivity contribution >= 4 is 0 Å². The number of H-pyrrole nitrogens is 1. The first-order valence-electron chi connectivity index (χ1n) is 6.67. The maximum absolute atomic E-state index is 5.09. The normalized spacial score (nSPS) is 12.5. The van der Waals surface area contributed by atoms with E-state index in [0.717, 1.165) is 17.8 Å². The van der Waals surface area contributed by atoms with E-state index in [2.05, 4.69) is 47.0 Å². The summed E-state index contributed by atoms with van der Waals surface area (Å²) in [6.45, 7) is 4.30. The molecule has 2 heterocycles. The van der Waals surface area contributed by atoms with Crippen LogP contribution in [0.5, 0.6) is 0 Å². The SMILES string of the molecule is Cc1cccc(C(Cc2cocn2)c2cnc[nH]2)c1C. The van der Waals surface area contributed by atoms with Crippen LogP contribution in [0.15, 0.2) is 47.8 Å². The van der Waals surface area contributed by atoms with E-state index >= 15 is 0 Å². The molecular weight excluding hydrogens is 250 g/mol. The third-order valence-corrected chi connectivity index (χ3v) is 3.81. The third-order valence-electron chi connectivity index (χ3n) is 3.81. The Morgan fingerprint density at radius 3 is 2.90 bits per heavy atom. The molecule has 3 rings (SSSR count). The van der Waals surface area contributed by atoms with Gasteiger partial charge < -0.3 is 9.40 Å². The second-order valence-corrected chi connectivity index (χ2v) is 5.03. The molecule has 0 spiro atoms. The molecule has 0 aliphatic heterocycles. The molecule has 0 radical (unpaired) electrons. The number of aromatic amines is 1. The molecule has 1 aromatic carbocycles. The number of rotatable bonds is 4. The zero-order chi connectivity index (χ0) is 13.9. The molecule has 0 amide bonds. The van der Waals surface area contributed by atoms with Crippen molar-refractivity contribution in [3.63, 3.8) is 0 Å². The number of aryl methyl sites for hydroxylation is 1. The minimum atomic E-state index is 0.211. The third kappa shape index (κ3) is 2.37. The molecule has 2 aromatic heterocycles. The van der Waals surface area contributed by atoms with E-state index in [0.29, 0.717) is 0 Å². The predicted octanol–water partition coefficient (Wildman–Crippen LogP) is 3.39. The maximum atomic E-state index is 5.09. The quantitative estimate of drug-likeness (QED) is 0.788. The van der Waals surface area contributed by atoms with E-state index in [1.54, 1.807) is 12.6 Å². The number of imidazole rings is 1. The van der Waals surface area contributed by atoms with Crippen LogP contribution in [0.1, 0.15) is 34.0 Å². The molecular formula is C16H17N3O. The first-order valence-corrected chi connectivity index (χ1v) is 6.67. The molecule has 4 heteroatoms. The molecule has 0 saturated heterocycles. The van der Waals surface area contributed by atoms with Gasteiger partial charge in [-0.25, -0.2) is 9.97 Å².